The van der Waals surface area contributed by atoms with E-state index in [1.165, 1.54) is 25.3 Å². The zero-order chi connectivity index (χ0) is 16.8. The average Bonchev–Trinajstić information content (AvgIpc) is 2.79. The zero-order valence-electron chi connectivity index (χ0n) is 13.7. The molecule has 1 aliphatic rings. The third-order valence-corrected chi connectivity index (χ3v) is 4.00. The minimum Gasteiger partial charge on any atom is -0.508 e. The molecule has 6 heteroatoms. The molecule has 126 valence electrons. The number of carbonyl (C=O) groups is 2. The van der Waals surface area contributed by atoms with Gasteiger partial charge in [0.05, 0.1) is 12.7 Å². The van der Waals surface area contributed by atoms with Crippen molar-refractivity contribution in [2.75, 3.05) is 39.8 Å². The van der Waals surface area contributed by atoms with Gasteiger partial charge in [0.2, 0.25) is 0 Å². The minimum atomic E-state index is -0.570. The predicted molar refractivity (Wildman–Crippen MR) is 86.7 cm³/mol. The van der Waals surface area contributed by atoms with Gasteiger partial charge in [-0.05, 0) is 44.1 Å². The van der Waals surface area contributed by atoms with Crippen molar-refractivity contribution in [3.05, 3.63) is 29.3 Å². The summed E-state index contributed by atoms with van der Waals surface area (Å²) in [5.41, 5.74) is 0.493. The molecule has 6 nitrogen and oxygen atoms in total. The average molecular weight is 320 g/mol. The predicted octanol–water partition coefficient (Wildman–Crippen LogP) is 1.74. The zero-order valence-corrected chi connectivity index (χ0v) is 13.7. The number of aromatic hydroxyl groups is 1. The first-order valence-electron chi connectivity index (χ1n) is 7.99. The Bertz CT molecular complexity index is 574. The Morgan fingerprint density at radius 3 is 2.57 bits per heavy atom. The second-order valence-corrected chi connectivity index (χ2v) is 5.75. The molecule has 1 aliphatic heterocycles. The van der Waals surface area contributed by atoms with Crippen molar-refractivity contribution in [2.45, 2.75) is 19.8 Å². The van der Waals surface area contributed by atoms with Crippen LogP contribution in [-0.4, -0.2) is 66.6 Å². The number of carbonyl (C=O) groups excluding carboxylic acids is 2. The van der Waals surface area contributed by atoms with E-state index >= 15 is 0 Å². The summed E-state index contributed by atoms with van der Waals surface area (Å²) in [5.74, 6) is -0.844. The largest absolute Gasteiger partial charge is 0.508 e. The summed E-state index contributed by atoms with van der Waals surface area (Å²) >= 11 is 0. The van der Waals surface area contributed by atoms with E-state index in [1.54, 1.807) is 4.90 Å². The number of phenolic OH excluding ortho intramolecular Hbond substituents is 1. The van der Waals surface area contributed by atoms with Gasteiger partial charge >= 0.3 is 5.97 Å². The molecule has 1 fully saturated rings. The lowest BCUT2D eigenvalue weighted by molar-refractivity contribution is 0.0600. The van der Waals surface area contributed by atoms with Gasteiger partial charge in [-0.1, -0.05) is 6.92 Å². The molecule has 1 heterocycles. The minimum absolute atomic E-state index is 0.112. The molecule has 0 aromatic heterocycles. The second-order valence-electron chi connectivity index (χ2n) is 5.75. The third kappa shape index (κ3) is 4.45. The van der Waals surface area contributed by atoms with Gasteiger partial charge in [-0.2, -0.15) is 0 Å². The standard InChI is InChI=1S/C17H24N2O4/c1-3-5-18-6-4-7-19(9-8-18)16(21)13-10-14(17(22)23-2)12-15(20)11-13/h10-12,20H,3-9H2,1-2H3. The Labute approximate surface area is 136 Å². The summed E-state index contributed by atoms with van der Waals surface area (Å²) in [6.07, 6.45) is 2.03. The fourth-order valence-electron chi connectivity index (χ4n) is 2.87. The monoisotopic (exact) mass is 320 g/mol. The van der Waals surface area contributed by atoms with Crippen LogP contribution in [0.3, 0.4) is 0 Å². The van der Waals surface area contributed by atoms with Crippen LogP contribution < -0.4 is 0 Å². The summed E-state index contributed by atoms with van der Waals surface area (Å²) in [4.78, 5) is 28.4. The van der Waals surface area contributed by atoms with Gasteiger partial charge in [-0.25, -0.2) is 4.79 Å². The molecule has 1 amide bonds. The van der Waals surface area contributed by atoms with Crippen LogP contribution in [0.15, 0.2) is 18.2 Å². The van der Waals surface area contributed by atoms with Gasteiger partial charge in [0, 0.05) is 25.2 Å². The smallest absolute Gasteiger partial charge is 0.338 e. The Kier molecular flexibility index (Phi) is 5.98. The molecule has 1 aromatic rings. The lowest BCUT2D eigenvalue weighted by Crippen LogP contribution is -2.35. The molecule has 1 aromatic carbocycles. The van der Waals surface area contributed by atoms with Crippen LogP contribution in [0.2, 0.25) is 0 Å². The van der Waals surface area contributed by atoms with E-state index in [0.717, 1.165) is 32.5 Å². The summed E-state index contributed by atoms with van der Waals surface area (Å²) < 4.78 is 4.65. The van der Waals surface area contributed by atoms with Crippen LogP contribution in [-0.2, 0) is 4.74 Å². The van der Waals surface area contributed by atoms with Crippen LogP contribution in [0.25, 0.3) is 0 Å². The molecule has 0 atom stereocenters. The van der Waals surface area contributed by atoms with E-state index < -0.39 is 5.97 Å². The highest BCUT2D eigenvalue weighted by atomic mass is 16.5. The number of hydrogen-bond acceptors (Lipinski definition) is 5. The number of hydrogen-bond donors (Lipinski definition) is 1. The van der Waals surface area contributed by atoms with Crippen molar-refractivity contribution >= 4 is 11.9 Å². The lowest BCUT2D eigenvalue weighted by Gasteiger charge is -2.22. The van der Waals surface area contributed by atoms with E-state index in [9.17, 15) is 14.7 Å². The molecule has 1 saturated heterocycles. The molecule has 0 spiro atoms. The fraction of sp³-hybridized carbons (Fsp3) is 0.529. The Morgan fingerprint density at radius 1 is 1.13 bits per heavy atom. The quantitative estimate of drug-likeness (QED) is 0.856. The van der Waals surface area contributed by atoms with Crippen molar-refractivity contribution in [3.63, 3.8) is 0 Å². The summed E-state index contributed by atoms with van der Waals surface area (Å²) in [6, 6.07) is 4.17. The van der Waals surface area contributed by atoms with E-state index in [0.29, 0.717) is 18.7 Å². The van der Waals surface area contributed by atoms with E-state index in [2.05, 4.69) is 16.6 Å². The topological polar surface area (TPSA) is 70.1 Å². The number of amides is 1. The van der Waals surface area contributed by atoms with Crippen molar-refractivity contribution < 1.29 is 19.4 Å². The van der Waals surface area contributed by atoms with Crippen LogP contribution in [0.4, 0.5) is 0 Å². The van der Waals surface area contributed by atoms with Gasteiger partial charge in [0.25, 0.3) is 5.91 Å². The summed E-state index contributed by atoms with van der Waals surface area (Å²) in [7, 11) is 1.27. The van der Waals surface area contributed by atoms with E-state index in [4.69, 9.17) is 0 Å². The highest BCUT2D eigenvalue weighted by Gasteiger charge is 2.21. The Hall–Kier alpha value is -2.08. The third-order valence-electron chi connectivity index (χ3n) is 4.00. The number of benzene rings is 1. The fourth-order valence-corrected chi connectivity index (χ4v) is 2.87. The first-order valence-corrected chi connectivity index (χ1v) is 7.99. The number of phenols is 1. The van der Waals surface area contributed by atoms with Crippen LogP contribution in [0, 0.1) is 0 Å². The molecule has 0 bridgehead atoms. The highest BCUT2D eigenvalue weighted by molar-refractivity contribution is 5.98. The van der Waals surface area contributed by atoms with Crippen molar-refractivity contribution in [3.8, 4) is 5.75 Å². The summed E-state index contributed by atoms with van der Waals surface area (Å²) in [5, 5.41) is 9.77. The Morgan fingerprint density at radius 2 is 1.87 bits per heavy atom. The van der Waals surface area contributed by atoms with E-state index in [-0.39, 0.29) is 17.2 Å². The molecular weight excluding hydrogens is 296 g/mol. The highest BCUT2D eigenvalue weighted by Crippen LogP contribution is 2.19. The SMILES string of the molecule is CCCN1CCCN(C(=O)c2cc(O)cc(C(=O)OC)c2)CC1. The number of esters is 1. The first kappa shape index (κ1) is 17.3. The van der Waals surface area contributed by atoms with Gasteiger partial charge < -0.3 is 19.6 Å². The molecular formula is C17H24N2O4. The van der Waals surface area contributed by atoms with Gasteiger partial charge in [-0.3, -0.25) is 4.79 Å². The molecule has 23 heavy (non-hydrogen) atoms. The first-order chi connectivity index (χ1) is 11.0. The number of methoxy groups -OCH3 is 1. The van der Waals surface area contributed by atoms with Gasteiger partial charge in [0.1, 0.15) is 5.75 Å². The molecule has 0 aliphatic carbocycles. The second kappa shape index (κ2) is 7.97. The molecule has 0 unspecified atom stereocenters. The summed E-state index contributed by atoms with van der Waals surface area (Å²) in [6.45, 7) is 6.37. The van der Waals surface area contributed by atoms with Crippen molar-refractivity contribution in [1.29, 1.82) is 0 Å². The molecule has 2 rings (SSSR count). The maximum Gasteiger partial charge on any atom is 0.338 e. The molecule has 0 radical (unpaired) electrons. The van der Waals surface area contributed by atoms with E-state index in [1.807, 2.05) is 0 Å². The lowest BCUT2D eigenvalue weighted by atomic mass is 10.1. The maximum absolute atomic E-state index is 12.7. The number of nitrogens with zero attached hydrogens (tertiary/aromatic N) is 2. The van der Waals surface area contributed by atoms with Gasteiger partial charge in [-0.15, -0.1) is 0 Å². The molecule has 0 saturated carbocycles. The molecule has 1 N–H and O–H groups in total. The van der Waals surface area contributed by atoms with Gasteiger partial charge in [0.15, 0.2) is 0 Å². The maximum atomic E-state index is 12.7. The van der Waals surface area contributed by atoms with Crippen LogP contribution in [0.1, 0.15) is 40.5 Å². The van der Waals surface area contributed by atoms with Crippen LogP contribution >= 0.6 is 0 Å². The van der Waals surface area contributed by atoms with Crippen LogP contribution in [0.5, 0.6) is 5.75 Å². The normalized spacial score (nSPS) is 16.0. The van der Waals surface area contributed by atoms with Crippen molar-refractivity contribution in [1.82, 2.24) is 9.80 Å². The number of ether oxygens (including phenoxy) is 1. The Balaban J connectivity index is 2.13. The number of rotatable bonds is 4. The van der Waals surface area contributed by atoms with Crippen molar-refractivity contribution in [2.24, 2.45) is 0 Å².